The highest BCUT2D eigenvalue weighted by Gasteiger charge is 2.70. The van der Waals surface area contributed by atoms with E-state index in [1.165, 1.54) is 0 Å². The van der Waals surface area contributed by atoms with Crippen LogP contribution < -0.4 is 10.6 Å². The van der Waals surface area contributed by atoms with Gasteiger partial charge in [0.1, 0.15) is 5.54 Å². The molecule has 4 atom stereocenters. The van der Waals surface area contributed by atoms with Gasteiger partial charge in [-0.1, -0.05) is 38.0 Å². The molecule has 1 spiro atoms. The maximum atomic E-state index is 13.8. The summed E-state index contributed by atoms with van der Waals surface area (Å²) in [6.07, 6.45) is 7.48. The van der Waals surface area contributed by atoms with Crippen molar-refractivity contribution in [2.75, 3.05) is 17.3 Å². The molecule has 160 valence electrons. The van der Waals surface area contributed by atoms with Crippen molar-refractivity contribution in [3.8, 4) is 0 Å². The molecular formula is C23H29N3O3S. The van der Waals surface area contributed by atoms with Gasteiger partial charge in [-0.15, -0.1) is 0 Å². The summed E-state index contributed by atoms with van der Waals surface area (Å²) in [5.41, 5.74) is 1.58. The summed E-state index contributed by atoms with van der Waals surface area (Å²) in [7, 11) is 0. The Bertz CT molecular complexity index is 913. The van der Waals surface area contributed by atoms with Crippen molar-refractivity contribution in [3.63, 3.8) is 0 Å². The molecule has 6 nitrogen and oxygen atoms in total. The Kier molecular flexibility index (Phi) is 4.93. The first-order chi connectivity index (χ1) is 14.5. The molecule has 3 heterocycles. The van der Waals surface area contributed by atoms with Crippen molar-refractivity contribution in [2.24, 2.45) is 11.8 Å². The number of carbonyl (C=O) groups is 3. The minimum Gasteiger partial charge on any atom is -0.324 e. The average Bonchev–Trinajstić information content (AvgIpc) is 3.48. The minimum atomic E-state index is -1.14. The number of likely N-dealkylation sites (tertiary alicyclic amines) is 1. The Labute approximate surface area is 181 Å². The van der Waals surface area contributed by atoms with E-state index in [1.807, 2.05) is 24.5 Å². The quantitative estimate of drug-likeness (QED) is 0.707. The molecule has 5 rings (SSSR count). The van der Waals surface area contributed by atoms with Gasteiger partial charge in [0.25, 0.3) is 0 Å². The minimum absolute atomic E-state index is 0.000221. The largest absolute Gasteiger partial charge is 0.324 e. The zero-order valence-electron chi connectivity index (χ0n) is 17.6. The molecule has 3 amide bonds. The summed E-state index contributed by atoms with van der Waals surface area (Å²) in [5.74, 6) is -0.653. The number of benzene rings is 1. The SMILES string of the molecule is CCc1cccc2c1NC(=O)[C@]21N[C@H](CCSC)[C@H]2C(=O)N(C3CCCC3)C(=O)[C@H]21. The van der Waals surface area contributed by atoms with Crippen LogP contribution in [-0.2, 0) is 26.3 Å². The molecule has 0 radical (unpaired) electrons. The molecule has 1 saturated carbocycles. The van der Waals surface area contributed by atoms with Crippen LogP contribution in [0.25, 0.3) is 0 Å². The highest BCUT2D eigenvalue weighted by atomic mass is 32.2. The predicted octanol–water partition coefficient (Wildman–Crippen LogP) is 2.67. The van der Waals surface area contributed by atoms with Gasteiger partial charge in [0.05, 0.1) is 11.8 Å². The van der Waals surface area contributed by atoms with Gasteiger partial charge in [0.2, 0.25) is 17.7 Å². The standard InChI is InChI=1S/C23H29N3O3S/c1-3-13-7-6-10-15-19(13)24-22(29)23(15)18-17(16(25-23)11-12-30-2)20(27)26(21(18)28)14-8-4-5-9-14/h6-7,10,14,16-18,25H,3-5,8-9,11-12H2,1-2H3,(H,24,29)/t16-,17-,18+,23+/m1/s1. The first-order valence-corrected chi connectivity index (χ1v) is 12.5. The van der Waals surface area contributed by atoms with Crippen LogP contribution in [0.15, 0.2) is 18.2 Å². The van der Waals surface area contributed by atoms with E-state index in [-0.39, 0.29) is 29.8 Å². The van der Waals surface area contributed by atoms with Gasteiger partial charge in [-0.3, -0.25) is 24.6 Å². The molecule has 3 fully saturated rings. The summed E-state index contributed by atoms with van der Waals surface area (Å²) in [5, 5.41) is 6.61. The zero-order valence-corrected chi connectivity index (χ0v) is 18.4. The number of fused-ring (bicyclic) bond motifs is 4. The summed E-state index contributed by atoms with van der Waals surface area (Å²) in [4.78, 5) is 42.4. The molecule has 0 bridgehead atoms. The number of aryl methyl sites for hydroxylation is 1. The van der Waals surface area contributed by atoms with Crippen molar-refractivity contribution in [2.45, 2.75) is 63.1 Å². The third-order valence-corrected chi connectivity index (χ3v) is 8.22. The number of hydrogen-bond donors (Lipinski definition) is 2. The predicted molar refractivity (Wildman–Crippen MR) is 117 cm³/mol. The van der Waals surface area contributed by atoms with Crippen molar-refractivity contribution < 1.29 is 14.4 Å². The third-order valence-electron chi connectivity index (χ3n) is 7.57. The molecule has 2 saturated heterocycles. The van der Waals surface area contributed by atoms with Crippen LogP contribution in [-0.4, -0.2) is 46.7 Å². The maximum Gasteiger partial charge on any atom is 0.250 e. The number of anilines is 1. The van der Waals surface area contributed by atoms with Gasteiger partial charge in [-0.05, 0) is 43.3 Å². The van der Waals surface area contributed by atoms with E-state index in [1.54, 1.807) is 16.7 Å². The Balaban J connectivity index is 1.63. The fraction of sp³-hybridized carbons (Fsp3) is 0.609. The molecule has 30 heavy (non-hydrogen) atoms. The first kappa shape index (κ1) is 20.1. The molecule has 0 unspecified atom stereocenters. The normalized spacial score (nSPS) is 32.9. The van der Waals surface area contributed by atoms with E-state index in [4.69, 9.17) is 0 Å². The second-order valence-electron chi connectivity index (χ2n) is 8.98. The highest BCUT2D eigenvalue weighted by molar-refractivity contribution is 7.98. The Morgan fingerprint density at radius 3 is 2.63 bits per heavy atom. The van der Waals surface area contributed by atoms with Crippen molar-refractivity contribution in [3.05, 3.63) is 29.3 Å². The molecule has 4 aliphatic rings. The lowest BCUT2D eigenvalue weighted by atomic mass is 9.76. The smallest absolute Gasteiger partial charge is 0.250 e. The topological polar surface area (TPSA) is 78.5 Å². The van der Waals surface area contributed by atoms with Gasteiger partial charge < -0.3 is 5.32 Å². The van der Waals surface area contributed by atoms with Crippen LogP contribution >= 0.6 is 11.8 Å². The van der Waals surface area contributed by atoms with Gasteiger partial charge >= 0.3 is 0 Å². The lowest BCUT2D eigenvalue weighted by Crippen LogP contribution is -2.54. The molecule has 1 aromatic rings. The fourth-order valence-corrected chi connectivity index (χ4v) is 6.71. The molecule has 1 aromatic carbocycles. The van der Waals surface area contributed by atoms with E-state index in [0.29, 0.717) is 0 Å². The Hall–Kier alpha value is -1.86. The van der Waals surface area contributed by atoms with Crippen molar-refractivity contribution in [1.29, 1.82) is 0 Å². The summed E-state index contributed by atoms with van der Waals surface area (Å²) >= 11 is 1.72. The molecule has 7 heteroatoms. The van der Waals surface area contributed by atoms with E-state index in [9.17, 15) is 14.4 Å². The van der Waals surface area contributed by atoms with Gasteiger partial charge in [-0.25, -0.2) is 0 Å². The van der Waals surface area contributed by atoms with Crippen molar-refractivity contribution >= 4 is 35.2 Å². The monoisotopic (exact) mass is 427 g/mol. The second kappa shape index (κ2) is 7.38. The number of amides is 3. The number of carbonyl (C=O) groups excluding carboxylic acids is 3. The van der Waals surface area contributed by atoms with Crippen LogP contribution in [0.4, 0.5) is 5.69 Å². The first-order valence-electron chi connectivity index (χ1n) is 11.1. The molecule has 0 aromatic heterocycles. The van der Waals surface area contributed by atoms with Crippen molar-refractivity contribution in [1.82, 2.24) is 10.2 Å². The number of nitrogens with zero attached hydrogens (tertiary/aromatic N) is 1. The van der Waals surface area contributed by atoms with E-state index >= 15 is 0 Å². The van der Waals surface area contributed by atoms with E-state index < -0.39 is 17.4 Å². The van der Waals surface area contributed by atoms with Crippen LogP contribution in [0.2, 0.25) is 0 Å². The van der Waals surface area contributed by atoms with Crippen LogP contribution in [0.5, 0.6) is 0 Å². The van der Waals surface area contributed by atoms with E-state index in [0.717, 1.165) is 61.1 Å². The molecule has 2 N–H and O–H groups in total. The highest BCUT2D eigenvalue weighted by Crippen LogP contribution is 2.54. The average molecular weight is 428 g/mol. The van der Waals surface area contributed by atoms with Crippen LogP contribution in [0.1, 0.15) is 50.2 Å². The molecule has 1 aliphatic carbocycles. The Morgan fingerprint density at radius 2 is 1.93 bits per heavy atom. The summed E-state index contributed by atoms with van der Waals surface area (Å²) in [6.45, 7) is 2.06. The number of thioether (sulfide) groups is 1. The van der Waals surface area contributed by atoms with Gasteiger partial charge in [-0.2, -0.15) is 11.8 Å². The van der Waals surface area contributed by atoms with Gasteiger partial charge in [0, 0.05) is 23.3 Å². The lowest BCUT2D eigenvalue weighted by molar-refractivity contribution is -0.145. The molecule has 3 aliphatic heterocycles. The lowest BCUT2D eigenvalue weighted by Gasteiger charge is -2.31. The number of nitrogens with one attached hydrogen (secondary N) is 2. The van der Waals surface area contributed by atoms with Gasteiger partial charge in [0.15, 0.2) is 0 Å². The summed E-state index contributed by atoms with van der Waals surface area (Å²) < 4.78 is 0. The second-order valence-corrected chi connectivity index (χ2v) is 9.96. The number of rotatable bonds is 5. The Morgan fingerprint density at radius 1 is 1.17 bits per heavy atom. The third kappa shape index (κ3) is 2.57. The summed E-state index contributed by atoms with van der Waals surface area (Å²) in [6, 6.07) is 5.75. The number of imide groups is 1. The number of para-hydroxylation sites is 1. The number of hydrogen-bond acceptors (Lipinski definition) is 5. The zero-order chi connectivity index (χ0) is 21.0. The van der Waals surface area contributed by atoms with E-state index in [2.05, 4.69) is 17.6 Å². The molecular weight excluding hydrogens is 398 g/mol. The fourth-order valence-electron chi connectivity index (χ4n) is 6.22. The maximum absolute atomic E-state index is 13.8. The van der Waals surface area contributed by atoms with Crippen LogP contribution in [0.3, 0.4) is 0 Å². The van der Waals surface area contributed by atoms with Crippen LogP contribution in [0, 0.1) is 11.8 Å².